The molecule has 3 N–H and O–H groups in total. The van der Waals surface area contributed by atoms with Gasteiger partial charge in [-0.15, -0.1) is 0 Å². The summed E-state index contributed by atoms with van der Waals surface area (Å²) in [7, 11) is 1.59. The Morgan fingerprint density at radius 1 is 1.28 bits per heavy atom. The monoisotopic (exact) mass is 346 g/mol. The van der Waals surface area contributed by atoms with Crippen molar-refractivity contribution in [2.45, 2.75) is 19.6 Å². The first-order valence-corrected chi connectivity index (χ1v) is 7.86. The SMILES string of the molecule is COCCn1ccc(NC(=O)C(=O)NC[C@H](O)c2ccccc2C)n1. The summed E-state index contributed by atoms with van der Waals surface area (Å²) in [6.07, 6.45) is 0.792. The van der Waals surface area contributed by atoms with Gasteiger partial charge in [-0.25, -0.2) is 0 Å². The second kappa shape index (κ2) is 8.95. The number of hydrogen-bond acceptors (Lipinski definition) is 5. The molecule has 134 valence electrons. The predicted octanol–water partition coefficient (Wildman–Crippen LogP) is 0.626. The van der Waals surface area contributed by atoms with Gasteiger partial charge in [0.1, 0.15) is 0 Å². The number of carbonyl (C=O) groups is 2. The highest BCUT2D eigenvalue weighted by molar-refractivity contribution is 6.39. The van der Waals surface area contributed by atoms with E-state index in [1.807, 2.05) is 19.1 Å². The fourth-order valence-electron chi connectivity index (χ4n) is 2.25. The van der Waals surface area contributed by atoms with Gasteiger partial charge in [-0.3, -0.25) is 14.3 Å². The molecule has 25 heavy (non-hydrogen) atoms. The summed E-state index contributed by atoms with van der Waals surface area (Å²) in [5.41, 5.74) is 1.62. The number of aromatic nitrogens is 2. The Hall–Kier alpha value is -2.71. The molecule has 2 rings (SSSR count). The zero-order valence-corrected chi connectivity index (χ0v) is 14.2. The molecule has 1 heterocycles. The molecule has 0 aliphatic heterocycles. The van der Waals surface area contributed by atoms with Crippen molar-refractivity contribution in [3.63, 3.8) is 0 Å². The smallest absolute Gasteiger partial charge is 0.314 e. The summed E-state index contributed by atoms with van der Waals surface area (Å²) >= 11 is 0. The average Bonchev–Trinajstić information content (AvgIpc) is 3.05. The highest BCUT2D eigenvalue weighted by atomic mass is 16.5. The second-order valence-corrected chi connectivity index (χ2v) is 5.49. The first-order valence-electron chi connectivity index (χ1n) is 7.86. The molecule has 0 saturated carbocycles. The largest absolute Gasteiger partial charge is 0.387 e. The minimum Gasteiger partial charge on any atom is -0.387 e. The number of hydrogen-bond donors (Lipinski definition) is 3. The normalized spacial score (nSPS) is 11.8. The van der Waals surface area contributed by atoms with Crippen LogP contribution in [0.4, 0.5) is 5.82 Å². The maximum Gasteiger partial charge on any atom is 0.314 e. The number of nitrogens with zero attached hydrogens (tertiary/aromatic N) is 2. The van der Waals surface area contributed by atoms with E-state index in [4.69, 9.17) is 4.74 Å². The van der Waals surface area contributed by atoms with E-state index < -0.39 is 17.9 Å². The second-order valence-electron chi connectivity index (χ2n) is 5.49. The molecule has 0 bridgehead atoms. The number of carbonyl (C=O) groups excluding carboxylic acids is 2. The van der Waals surface area contributed by atoms with Gasteiger partial charge in [-0.05, 0) is 18.1 Å². The fourth-order valence-corrected chi connectivity index (χ4v) is 2.25. The van der Waals surface area contributed by atoms with Crippen molar-refractivity contribution < 1.29 is 19.4 Å². The number of anilines is 1. The molecule has 0 saturated heterocycles. The van der Waals surface area contributed by atoms with Crippen LogP contribution in [0.1, 0.15) is 17.2 Å². The van der Waals surface area contributed by atoms with Crippen molar-refractivity contribution in [2.24, 2.45) is 0 Å². The number of methoxy groups -OCH3 is 1. The summed E-state index contributed by atoms with van der Waals surface area (Å²) in [6, 6.07) is 8.90. The molecular weight excluding hydrogens is 324 g/mol. The Morgan fingerprint density at radius 2 is 2.04 bits per heavy atom. The molecule has 0 radical (unpaired) electrons. The molecule has 2 amide bonds. The molecule has 2 aromatic rings. The van der Waals surface area contributed by atoms with Crippen LogP contribution in [0, 0.1) is 6.92 Å². The third-order valence-corrected chi connectivity index (χ3v) is 3.62. The fraction of sp³-hybridized carbons (Fsp3) is 0.353. The molecule has 0 spiro atoms. The number of aryl methyl sites for hydroxylation is 1. The Balaban J connectivity index is 1.83. The van der Waals surface area contributed by atoms with Crippen LogP contribution in [0.2, 0.25) is 0 Å². The number of aliphatic hydroxyl groups excluding tert-OH is 1. The van der Waals surface area contributed by atoms with Crippen molar-refractivity contribution in [1.82, 2.24) is 15.1 Å². The van der Waals surface area contributed by atoms with Gasteiger partial charge in [-0.2, -0.15) is 5.10 Å². The van der Waals surface area contributed by atoms with Gasteiger partial charge in [0.2, 0.25) is 0 Å². The van der Waals surface area contributed by atoms with Crippen molar-refractivity contribution >= 4 is 17.6 Å². The van der Waals surface area contributed by atoms with E-state index in [0.29, 0.717) is 18.7 Å². The lowest BCUT2D eigenvalue weighted by atomic mass is 10.0. The molecule has 0 unspecified atom stereocenters. The van der Waals surface area contributed by atoms with Crippen LogP contribution in [-0.4, -0.2) is 47.0 Å². The number of rotatable bonds is 7. The van der Waals surface area contributed by atoms with Gasteiger partial charge in [0.25, 0.3) is 0 Å². The minimum absolute atomic E-state index is 0.0562. The Kier molecular flexibility index (Phi) is 6.67. The molecule has 0 aliphatic rings. The van der Waals surface area contributed by atoms with Crippen LogP contribution in [0.3, 0.4) is 0 Å². The average molecular weight is 346 g/mol. The van der Waals surface area contributed by atoms with Gasteiger partial charge in [0.05, 0.1) is 19.3 Å². The molecule has 0 fully saturated rings. The maximum atomic E-state index is 11.9. The van der Waals surface area contributed by atoms with Crippen molar-refractivity contribution in [3.8, 4) is 0 Å². The highest BCUT2D eigenvalue weighted by Gasteiger charge is 2.17. The van der Waals surface area contributed by atoms with E-state index in [9.17, 15) is 14.7 Å². The molecule has 1 aromatic carbocycles. The standard InChI is InChI=1S/C17H22N4O4/c1-12-5-3-4-6-13(12)14(22)11-18-16(23)17(24)19-15-7-8-21(20-15)9-10-25-2/h3-8,14,22H,9-11H2,1-2H3,(H,18,23)(H,19,20,24)/t14-/m0/s1. The lowest BCUT2D eigenvalue weighted by molar-refractivity contribution is -0.136. The van der Waals surface area contributed by atoms with Crippen molar-refractivity contribution in [2.75, 3.05) is 25.6 Å². The van der Waals surface area contributed by atoms with Crippen LogP contribution < -0.4 is 10.6 Å². The van der Waals surface area contributed by atoms with E-state index in [-0.39, 0.29) is 12.4 Å². The van der Waals surface area contributed by atoms with Crippen LogP contribution in [-0.2, 0) is 20.9 Å². The van der Waals surface area contributed by atoms with Crippen LogP contribution >= 0.6 is 0 Å². The summed E-state index contributed by atoms with van der Waals surface area (Å²) < 4.78 is 6.53. The summed E-state index contributed by atoms with van der Waals surface area (Å²) in [6.45, 7) is 2.85. The van der Waals surface area contributed by atoms with Crippen molar-refractivity contribution in [1.29, 1.82) is 0 Å². The van der Waals surface area contributed by atoms with E-state index in [0.717, 1.165) is 5.56 Å². The van der Waals surface area contributed by atoms with Crippen molar-refractivity contribution in [3.05, 3.63) is 47.7 Å². The third-order valence-electron chi connectivity index (χ3n) is 3.62. The van der Waals surface area contributed by atoms with Crippen LogP contribution in [0.15, 0.2) is 36.5 Å². The van der Waals surface area contributed by atoms with Crippen LogP contribution in [0.25, 0.3) is 0 Å². The van der Waals surface area contributed by atoms with Gasteiger partial charge in [-0.1, -0.05) is 24.3 Å². The number of benzene rings is 1. The summed E-state index contributed by atoms with van der Waals surface area (Å²) in [4.78, 5) is 23.7. The highest BCUT2D eigenvalue weighted by Crippen LogP contribution is 2.16. The van der Waals surface area contributed by atoms with E-state index >= 15 is 0 Å². The first-order chi connectivity index (χ1) is 12.0. The van der Waals surface area contributed by atoms with Gasteiger partial charge in [0, 0.05) is 25.9 Å². The van der Waals surface area contributed by atoms with E-state index in [1.54, 1.807) is 36.2 Å². The van der Waals surface area contributed by atoms with E-state index in [2.05, 4.69) is 15.7 Å². The lowest BCUT2D eigenvalue weighted by Gasteiger charge is -2.14. The van der Waals surface area contributed by atoms with Gasteiger partial charge >= 0.3 is 11.8 Å². The molecule has 8 heteroatoms. The summed E-state index contributed by atoms with van der Waals surface area (Å²) in [5.74, 6) is -1.40. The molecule has 1 aromatic heterocycles. The maximum absolute atomic E-state index is 11.9. The van der Waals surface area contributed by atoms with Crippen LogP contribution in [0.5, 0.6) is 0 Å². The minimum atomic E-state index is -0.883. The molecule has 1 atom stereocenters. The quantitative estimate of drug-likeness (QED) is 0.638. The first kappa shape index (κ1) is 18.6. The summed E-state index contributed by atoms with van der Waals surface area (Å²) in [5, 5.41) is 19.1. The van der Waals surface area contributed by atoms with Gasteiger partial charge < -0.3 is 20.5 Å². The zero-order valence-electron chi connectivity index (χ0n) is 14.2. The number of ether oxygens (including phenoxy) is 1. The predicted molar refractivity (Wildman–Crippen MR) is 91.9 cm³/mol. The topological polar surface area (TPSA) is 105 Å². The molecule has 0 aliphatic carbocycles. The van der Waals surface area contributed by atoms with E-state index in [1.165, 1.54) is 0 Å². The third kappa shape index (κ3) is 5.40. The molecular formula is C17H22N4O4. The number of nitrogens with one attached hydrogen (secondary N) is 2. The Morgan fingerprint density at radius 3 is 2.76 bits per heavy atom. The number of amides is 2. The van der Waals surface area contributed by atoms with Gasteiger partial charge in [0.15, 0.2) is 5.82 Å². The Bertz CT molecular complexity index is 729. The Labute approximate surface area is 145 Å². The lowest BCUT2D eigenvalue weighted by Crippen LogP contribution is -2.37. The molecule has 8 nitrogen and oxygen atoms in total. The number of aliphatic hydroxyl groups is 1. The zero-order chi connectivity index (χ0) is 18.2.